The summed E-state index contributed by atoms with van der Waals surface area (Å²) in [6.45, 7) is 1.76. The molecule has 2 aliphatic rings. The fraction of sp³-hybridized carbons (Fsp3) is 0.462. The first-order valence-corrected chi connectivity index (χ1v) is 5.80. The lowest BCUT2D eigenvalue weighted by atomic mass is 9.92. The Morgan fingerprint density at radius 2 is 2.06 bits per heavy atom. The molecule has 3 rings (SSSR count). The summed E-state index contributed by atoms with van der Waals surface area (Å²) in [5, 5.41) is 10.3. The summed E-state index contributed by atoms with van der Waals surface area (Å²) in [7, 11) is 1.57. The minimum atomic E-state index is -1.20. The van der Waals surface area contributed by atoms with E-state index in [0.717, 1.165) is 0 Å². The van der Waals surface area contributed by atoms with Gasteiger partial charge in [0, 0.05) is 0 Å². The van der Waals surface area contributed by atoms with Crippen LogP contribution in [0.4, 0.5) is 0 Å². The lowest BCUT2D eigenvalue weighted by Gasteiger charge is -2.15. The first kappa shape index (κ1) is 11.5. The largest absolute Gasteiger partial charge is 0.497 e. The summed E-state index contributed by atoms with van der Waals surface area (Å²) >= 11 is 0. The zero-order valence-electron chi connectivity index (χ0n) is 10.1. The lowest BCUT2D eigenvalue weighted by molar-refractivity contribution is -0.157. The number of esters is 1. The summed E-state index contributed by atoms with van der Waals surface area (Å²) in [4.78, 5) is 11.8. The van der Waals surface area contributed by atoms with Crippen LogP contribution in [0.25, 0.3) is 0 Å². The van der Waals surface area contributed by atoms with Crippen LogP contribution in [-0.2, 0) is 14.3 Å². The van der Waals surface area contributed by atoms with E-state index < -0.39 is 17.7 Å². The number of ether oxygens (including phenoxy) is 3. The number of hydrogen-bond acceptors (Lipinski definition) is 5. The first-order chi connectivity index (χ1) is 8.59. The van der Waals surface area contributed by atoms with Gasteiger partial charge in [0.1, 0.15) is 24.1 Å². The van der Waals surface area contributed by atoms with Crippen LogP contribution in [0, 0.1) is 0 Å². The summed E-state index contributed by atoms with van der Waals surface area (Å²) in [5.74, 6) is 0.211. The van der Waals surface area contributed by atoms with Crippen molar-refractivity contribution >= 4 is 5.97 Å². The van der Waals surface area contributed by atoms with Gasteiger partial charge in [-0.15, -0.1) is 0 Å². The van der Waals surface area contributed by atoms with Crippen LogP contribution in [-0.4, -0.2) is 36.0 Å². The molecule has 0 aromatic heterocycles. The van der Waals surface area contributed by atoms with Crippen molar-refractivity contribution in [1.29, 1.82) is 0 Å². The Balaban J connectivity index is 1.87. The number of hydrogen-bond donors (Lipinski definition) is 1. The van der Waals surface area contributed by atoms with Crippen LogP contribution >= 0.6 is 0 Å². The molecule has 1 aromatic carbocycles. The molecule has 0 aliphatic carbocycles. The van der Waals surface area contributed by atoms with Crippen LogP contribution in [0.2, 0.25) is 0 Å². The van der Waals surface area contributed by atoms with Gasteiger partial charge in [0.15, 0.2) is 0 Å². The minimum absolute atomic E-state index is 0.301. The van der Waals surface area contributed by atoms with Gasteiger partial charge < -0.3 is 19.3 Å². The topological polar surface area (TPSA) is 68.3 Å². The van der Waals surface area contributed by atoms with Gasteiger partial charge in [-0.2, -0.15) is 0 Å². The monoisotopic (exact) mass is 250 g/mol. The molecule has 5 nitrogen and oxygen atoms in total. The SMILES string of the molecule is COc1ccc(C(O)[C@@]23O[C@@H]2[C@@H](C)OC3=O)cc1. The van der Waals surface area contributed by atoms with E-state index in [1.54, 1.807) is 38.3 Å². The quantitative estimate of drug-likeness (QED) is 0.635. The zero-order chi connectivity index (χ0) is 12.9. The lowest BCUT2D eigenvalue weighted by Crippen LogP contribution is -2.30. The summed E-state index contributed by atoms with van der Waals surface area (Å²) < 4.78 is 15.5. The number of carbonyl (C=O) groups is 1. The third-order valence-corrected chi connectivity index (χ3v) is 3.56. The van der Waals surface area contributed by atoms with Gasteiger partial charge in [-0.05, 0) is 24.6 Å². The molecule has 0 amide bonds. The molecule has 96 valence electrons. The Kier molecular flexibility index (Phi) is 2.36. The second-order valence-electron chi connectivity index (χ2n) is 4.62. The van der Waals surface area contributed by atoms with E-state index in [4.69, 9.17) is 14.2 Å². The van der Waals surface area contributed by atoms with E-state index in [2.05, 4.69) is 0 Å². The van der Waals surface area contributed by atoms with Crippen molar-refractivity contribution in [3.05, 3.63) is 29.8 Å². The molecule has 1 aromatic rings. The highest BCUT2D eigenvalue weighted by Crippen LogP contribution is 2.54. The molecular formula is C13H14O5. The van der Waals surface area contributed by atoms with E-state index >= 15 is 0 Å². The van der Waals surface area contributed by atoms with Gasteiger partial charge in [-0.1, -0.05) is 12.1 Å². The van der Waals surface area contributed by atoms with E-state index in [1.807, 2.05) is 0 Å². The average molecular weight is 250 g/mol. The fourth-order valence-corrected chi connectivity index (χ4v) is 2.47. The molecule has 1 unspecified atom stereocenters. The number of carbonyl (C=O) groups excluding carboxylic acids is 1. The third-order valence-electron chi connectivity index (χ3n) is 3.56. The summed E-state index contributed by atoms with van der Waals surface area (Å²) in [6, 6.07) is 6.90. The molecule has 18 heavy (non-hydrogen) atoms. The van der Waals surface area contributed by atoms with E-state index in [0.29, 0.717) is 11.3 Å². The van der Waals surface area contributed by atoms with Crippen LogP contribution < -0.4 is 4.74 Å². The molecule has 2 saturated heterocycles. The third kappa shape index (κ3) is 1.38. The van der Waals surface area contributed by atoms with Gasteiger partial charge in [-0.25, -0.2) is 4.79 Å². The summed E-state index contributed by atoms with van der Waals surface area (Å²) in [6.07, 6.45) is -1.65. The fourth-order valence-electron chi connectivity index (χ4n) is 2.47. The average Bonchev–Trinajstić information content (AvgIpc) is 3.09. The maximum atomic E-state index is 11.8. The molecule has 0 radical (unpaired) electrons. The molecule has 4 atom stereocenters. The van der Waals surface area contributed by atoms with E-state index in [-0.39, 0.29) is 12.2 Å². The Morgan fingerprint density at radius 1 is 1.39 bits per heavy atom. The molecule has 1 N–H and O–H groups in total. The number of cyclic esters (lactones) is 1. The van der Waals surface area contributed by atoms with Crippen molar-refractivity contribution in [2.24, 2.45) is 0 Å². The predicted octanol–water partition coefficient (Wildman–Crippen LogP) is 0.811. The van der Waals surface area contributed by atoms with Crippen molar-refractivity contribution in [2.45, 2.75) is 30.8 Å². The summed E-state index contributed by atoms with van der Waals surface area (Å²) in [5.41, 5.74) is -0.585. The molecule has 5 heteroatoms. The highest BCUT2D eigenvalue weighted by Gasteiger charge is 2.75. The molecule has 0 bridgehead atoms. The standard InChI is InChI=1S/C13H14O5/c1-7-11-13(18-11,12(15)17-7)10(14)8-3-5-9(16-2)6-4-8/h3-7,10-11,14H,1-2H3/t7-,10?,11-,13-/m1/s1. The van der Waals surface area contributed by atoms with Crippen molar-refractivity contribution in [1.82, 2.24) is 0 Å². The van der Waals surface area contributed by atoms with Crippen LogP contribution in [0.1, 0.15) is 18.6 Å². The van der Waals surface area contributed by atoms with Gasteiger partial charge in [0.2, 0.25) is 5.60 Å². The molecule has 2 aliphatic heterocycles. The predicted molar refractivity (Wildman–Crippen MR) is 61.1 cm³/mol. The maximum Gasteiger partial charge on any atom is 0.344 e. The second-order valence-corrected chi connectivity index (χ2v) is 4.62. The van der Waals surface area contributed by atoms with Gasteiger partial charge >= 0.3 is 5.97 Å². The minimum Gasteiger partial charge on any atom is -0.497 e. The van der Waals surface area contributed by atoms with Crippen LogP contribution in [0.5, 0.6) is 5.75 Å². The van der Waals surface area contributed by atoms with E-state index in [9.17, 15) is 9.90 Å². The van der Waals surface area contributed by atoms with Crippen LogP contribution in [0.3, 0.4) is 0 Å². The van der Waals surface area contributed by atoms with Crippen molar-refractivity contribution in [3.8, 4) is 5.75 Å². The Morgan fingerprint density at radius 3 is 2.50 bits per heavy atom. The van der Waals surface area contributed by atoms with Gasteiger partial charge in [-0.3, -0.25) is 0 Å². The molecule has 0 saturated carbocycles. The maximum absolute atomic E-state index is 11.8. The molecule has 0 spiro atoms. The zero-order valence-corrected chi connectivity index (χ0v) is 10.1. The molecular weight excluding hydrogens is 236 g/mol. The first-order valence-electron chi connectivity index (χ1n) is 5.80. The number of methoxy groups -OCH3 is 1. The molecule has 2 fully saturated rings. The van der Waals surface area contributed by atoms with Gasteiger partial charge in [0.05, 0.1) is 7.11 Å². The number of benzene rings is 1. The smallest absolute Gasteiger partial charge is 0.344 e. The normalized spacial score (nSPS) is 34.7. The number of aliphatic hydroxyl groups is 1. The van der Waals surface area contributed by atoms with Crippen molar-refractivity contribution in [2.75, 3.05) is 7.11 Å². The Labute approximate surface area is 104 Å². The number of fused-ring (bicyclic) bond motifs is 1. The van der Waals surface area contributed by atoms with Gasteiger partial charge in [0.25, 0.3) is 0 Å². The number of aliphatic hydroxyl groups excluding tert-OH is 1. The Bertz CT molecular complexity index is 483. The Hall–Kier alpha value is -1.59. The molecule has 2 heterocycles. The highest BCUT2D eigenvalue weighted by atomic mass is 16.7. The second kappa shape index (κ2) is 3.70. The highest BCUT2D eigenvalue weighted by molar-refractivity contribution is 5.87. The van der Waals surface area contributed by atoms with Crippen molar-refractivity contribution in [3.63, 3.8) is 0 Å². The van der Waals surface area contributed by atoms with E-state index in [1.165, 1.54) is 0 Å². The number of epoxide rings is 1. The van der Waals surface area contributed by atoms with Crippen molar-refractivity contribution < 1.29 is 24.1 Å². The van der Waals surface area contributed by atoms with Crippen LogP contribution in [0.15, 0.2) is 24.3 Å². The number of rotatable bonds is 3.